The number of alkyl halides is 2. The number of carbonyl (C=O) groups excluding carboxylic acids is 1. The van der Waals surface area contributed by atoms with Crippen molar-refractivity contribution in [1.29, 1.82) is 0 Å². The molecule has 0 spiro atoms. The van der Waals surface area contributed by atoms with Gasteiger partial charge in [-0.1, -0.05) is 20.8 Å². The average molecular weight is 342 g/mol. The lowest BCUT2D eigenvalue weighted by atomic mass is 9.96. The molecule has 0 radical (unpaired) electrons. The number of aromatic nitrogens is 3. The molecule has 5 nitrogen and oxygen atoms in total. The van der Waals surface area contributed by atoms with Crippen LogP contribution >= 0.6 is 11.3 Å². The SMILES string of the molecule is Cc1nn(C(F)F)c(C)c1CC(=O)Nc1ncc(C(C)(C)C)s1. The first-order chi connectivity index (χ1) is 10.6. The highest BCUT2D eigenvalue weighted by atomic mass is 32.1. The zero-order valence-corrected chi connectivity index (χ0v) is 14.6. The van der Waals surface area contributed by atoms with Crippen LogP contribution in [0.5, 0.6) is 0 Å². The number of anilines is 1. The highest BCUT2D eigenvalue weighted by Gasteiger charge is 2.21. The predicted molar refractivity (Wildman–Crippen MR) is 86.1 cm³/mol. The fourth-order valence-corrected chi connectivity index (χ4v) is 3.04. The van der Waals surface area contributed by atoms with Crippen molar-refractivity contribution < 1.29 is 13.6 Å². The van der Waals surface area contributed by atoms with Crippen molar-refractivity contribution in [3.05, 3.63) is 28.0 Å². The number of hydrogen-bond donors (Lipinski definition) is 1. The van der Waals surface area contributed by atoms with Gasteiger partial charge < -0.3 is 5.32 Å². The topological polar surface area (TPSA) is 59.8 Å². The largest absolute Gasteiger partial charge is 0.333 e. The fourth-order valence-electron chi connectivity index (χ4n) is 2.15. The van der Waals surface area contributed by atoms with Crippen LogP contribution in [-0.2, 0) is 16.6 Å². The third kappa shape index (κ3) is 3.93. The number of halogens is 2. The van der Waals surface area contributed by atoms with Gasteiger partial charge in [-0.15, -0.1) is 11.3 Å². The molecule has 0 aromatic carbocycles. The highest BCUT2D eigenvalue weighted by molar-refractivity contribution is 7.15. The Morgan fingerprint density at radius 2 is 2.04 bits per heavy atom. The van der Waals surface area contributed by atoms with Gasteiger partial charge in [-0.2, -0.15) is 13.9 Å². The van der Waals surface area contributed by atoms with Crippen molar-refractivity contribution in [3.63, 3.8) is 0 Å². The zero-order chi connectivity index (χ0) is 17.4. The summed E-state index contributed by atoms with van der Waals surface area (Å²) in [6.45, 7) is 6.65. The maximum Gasteiger partial charge on any atom is 0.333 e. The molecule has 23 heavy (non-hydrogen) atoms. The Kier molecular flexibility index (Phi) is 4.84. The van der Waals surface area contributed by atoms with Crippen LogP contribution in [0, 0.1) is 13.8 Å². The number of thiazole rings is 1. The summed E-state index contributed by atoms with van der Waals surface area (Å²) in [5.74, 6) is -0.292. The van der Waals surface area contributed by atoms with Crippen molar-refractivity contribution in [3.8, 4) is 0 Å². The molecular weight excluding hydrogens is 322 g/mol. The van der Waals surface area contributed by atoms with E-state index in [1.807, 2.05) is 0 Å². The first kappa shape index (κ1) is 17.5. The van der Waals surface area contributed by atoms with Crippen LogP contribution in [0.25, 0.3) is 0 Å². The van der Waals surface area contributed by atoms with E-state index in [4.69, 9.17) is 0 Å². The quantitative estimate of drug-likeness (QED) is 0.918. The standard InChI is InChI=1S/C15H20F2N4OS/c1-8-10(9(2)21(20-8)13(16)17)6-12(22)19-14-18-7-11(23-14)15(3,4)5/h7,13H,6H2,1-5H3,(H,18,19,22). The molecule has 0 unspecified atom stereocenters. The fraction of sp³-hybridized carbons (Fsp3) is 0.533. The Bertz CT molecular complexity index is 716. The first-order valence-electron chi connectivity index (χ1n) is 7.18. The molecule has 2 aromatic rings. The van der Waals surface area contributed by atoms with Crippen LogP contribution in [-0.4, -0.2) is 20.7 Å². The number of rotatable bonds is 4. The number of aryl methyl sites for hydroxylation is 1. The number of nitrogens with zero attached hydrogens (tertiary/aromatic N) is 3. The molecule has 0 saturated carbocycles. The predicted octanol–water partition coefficient (Wildman–Crippen LogP) is 3.83. The molecule has 0 fully saturated rings. The van der Waals surface area contributed by atoms with E-state index in [2.05, 4.69) is 36.2 Å². The minimum Gasteiger partial charge on any atom is -0.302 e. The summed E-state index contributed by atoms with van der Waals surface area (Å²) in [6.07, 6.45) is 1.74. The summed E-state index contributed by atoms with van der Waals surface area (Å²) in [5, 5.41) is 7.01. The Morgan fingerprint density at radius 1 is 1.39 bits per heavy atom. The number of hydrogen-bond acceptors (Lipinski definition) is 4. The van der Waals surface area contributed by atoms with Gasteiger partial charge >= 0.3 is 6.55 Å². The van der Waals surface area contributed by atoms with E-state index >= 15 is 0 Å². The lowest BCUT2D eigenvalue weighted by molar-refractivity contribution is -0.115. The molecule has 8 heteroatoms. The molecule has 126 valence electrons. The van der Waals surface area contributed by atoms with E-state index in [0.717, 1.165) is 4.88 Å². The van der Waals surface area contributed by atoms with Gasteiger partial charge in [-0.05, 0) is 19.3 Å². The highest BCUT2D eigenvalue weighted by Crippen LogP contribution is 2.30. The zero-order valence-electron chi connectivity index (χ0n) is 13.8. The molecule has 0 bridgehead atoms. The van der Waals surface area contributed by atoms with E-state index in [1.165, 1.54) is 18.3 Å². The third-order valence-electron chi connectivity index (χ3n) is 3.49. The van der Waals surface area contributed by atoms with Crippen molar-refractivity contribution >= 4 is 22.4 Å². The summed E-state index contributed by atoms with van der Waals surface area (Å²) in [4.78, 5) is 17.4. The van der Waals surface area contributed by atoms with Gasteiger partial charge in [0.1, 0.15) is 0 Å². The van der Waals surface area contributed by atoms with Crippen molar-refractivity contribution in [2.45, 2.75) is 53.0 Å². The molecule has 0 saturated heterocycles. The monoisotopic (exact) mass is 342 g/mol. The summed E-state index contributed by atoms with van der Waals surface area (Å²) in [7, 11) is 0. The molecule has 0 atom stereocenters. The van der Waals surface area contributed by atoms with E-state index in [9.17, 15) is 13.6 Å². The Balaban J connectivity index is 2.10. The normalized spacial score (nSPS) is 12.0. The van der Waals surface area contributed by atoms with Crippen LogP contribution in [0.4, 0.5) is 13.9 Å². The number of nitrogens with one attached hydrogen (secondary N) is 1. The minimum absolute atomic E-state index is 0.00514. The molecule has 0 aliphatic carbocycles. The second kappa shape index (κ2) is 6.35. The number of carbonyl (C=O) groups is 1. The van der Waals surface area contributed by atoms with Crippen LogP contribution in [0.3, 0.4) is 0 Å². The summed E-state index contributed by atoms with van der Waals surface area (Å²) in [6, 6.07) is 0. The van der Waals surface area contributed by atoms with Gasteiger partial charge in [0.15, 0.2) is 5.13 Å². The number of amides is 1. The average Bonchev–Trinajstić information content (AvgIpc) is 2.98. The minimum atomic E-state index is -2.71. The molecule has 2 aromatic heterocycles. The Hall–Kier alpha value is -1.83. The van der Waals surface area contributed by atoms with Crippen molar-refractivity contribution in [1.82, 2.24) is 14.8 Å². The van der Waals surface area contributed by atoms with Crippen molar-refractivity contribution in [2.24, 2.45) is 0 Å². The Morgan fingerprint density at radius 3 is 2.52 bits per heavy atom. The lowest BCUT2D eigenvalue weighted by Crippen LogP contribution is -2.15. The molecule has 2 heterocycles. The molecule has 0 aliphatic heterocycles. The van der Waals surface area contributed by atoms with Gasteiger partial charge in [0.2, 0.25) is 5.91 Å². The van der Waals surface area contributed by atoms with E-state index in [-0.39, 0.29) is 17.7 Å². The van der Waals surface area contributed by atoms with Crippen LogP contribution < -0.4 is 5.32 Å². The lowest BCUT2D eigenvalue weighted by Gasteiger charge is -2.14. The Labute approximate surface area is 137 Å². The maximum atomic E-state index is 12.8. The van der Waals surface area contributed by atoms with E-state index in [0.29, 0.717) is 26.8 Å². The van der Waals surface area contributed by atoms with Gasteiger partial charge in [0.25, 0.3) is 0 Å². The van der Waals surface area contributed by atoms with Crippen LogP contribution in [0.2, 0.25) is 0 Å². The summed E-state index contributed by atoms with van der Waals surface area (Å²) >= 11 is 1.41. The van der Waals surface area contributed by atoms with Gasteiger partial charge in [-0.3, -0.25) is 4.79 Å². The van der Waals surface area contributed by atoms with Crippen LogP contribution in [0.15, 0.2) is 6.20 Å². The van der Waals surface area contributed by atoms with E-state index in [1.54, 1.807) is 13.1 Å². The maximum absolute atomic E-state index is 12.8. The van der Waals surface area contributed by atoms with Gasteiger partial charge in [-0.25, -0.2) is 9.67 Å². The first-order valence-corrected chi connectivity index (χ1v) is 8.00. The smallest absolute Gasteiger partial charge is 0.302 e. The summed E-state index contributed by atoms with van der Waals surface area (Å²) in [5.41, 5.74) is 1.23. The molecule has 2 rings (SSSR count). The van der Waals surface area contributed by atoms with Gasteiger partial charge in [0.05, 0.1) is 12.1 Å². The molecule has 1 amide bonds. The molecular formula is C15H20F2N4OS. The van der Waals surface area contributed by atoms with Gasteiger partial charge in [0, 0.05) is 22.3 Å². The summed E-state index contributed by atoms with van der Waals surface area (Å²) < 4.78 is 26.3. The van der Waals surface area contributed by atoms with Crippen molar-refractivity contribution in [2.75, 3.05) is 5.32 Å². The second-order valence-electron chi connectivity index (χ2n) is 6.38. The van der Waals surface area contributed by atoms with E-state index < -0.39 is 6.55 Å². The molecule has 0 aliphatic rings. The third-order valence-corrected chi connectivity index (χ3v) is 4.83. The molecule has 1 N–H and O–H groups in total. The van der Waals surface area contributed by atoms with Crippen LogP contribution in [0.1, 0.15) is 49.1 Å². The second-order valence-corrected chi connectivity index (χ2v) is 7.41.